The average molecular weight is 967 g/mol. The number of phosphoric ester groups is 2. The summed E-state index contributed by atoms with van der Waals surface area (Å²) in [7, 11) is -10.7. The van der Waals surface area contributed by atoms with Crippen LogP contribution in [0.15, 0.2) is 48.6 Å². The minimum atomic E-state index is -5.37. The molecule has 0 aromatic carbocycles. The molecule has 5 unspecified atom stereocenters. The topological polar surface area (TPSA) is 256 Å². The van der Waals surface area contributed by atoms with Crippen LogP contribution in [-0.4, -0.2) is 103 Å². The second kappa shape index (κ2) is 37.9. The summed E-state index contributed by atoms with van der Waals surface area (Å²) in [5.41, 5.74) is 0. The van der Waals surface area contributed by atoms with E-state index >= 15 is 0 Å². The van der Waals surface area contributed by atoms with E-state index in [0.29, 0.717) is 12.8 Å². The molecule has 1 rings (SSSR count). The summed E-state index contributed by atoms with van der Waals surface area (Å²) in [4.78, 5) is 54.3. The molecule has 378 valence electrons. The number of carbonyl (C=O) groups excluding carboxylic acids is 2. The maximum absolute atomic E-state index is 13.0. The van der Waals surface area contributed by atoms with E-state index in [2.05, 4.69) is 67.0 Å². The van der Waals surface area contributed by atoms with Crippen LogP contribution in [0, 0.1) is 0 Å². The first-order valence-corrected chi connectivity index (χ1v) is 27.2. The smallest absolute Gasteiger partial charge is 0.462 e. The maximum Gasteiger partial charge on any atom is 0.472 e. The minimum Gasteiger partial charge on any atom is -0.462 e. The maximum atomic E-state index is 13.0. The van der Waals surface area contributed by atoms with Crippen molar-refractivity contribution in [3.8, 4) is 0 Å². The highest BCUT2D eigenvalue weighted by Gasteiger charge is 2.54. The Morgan fingerprint density at radius 3 is 1.40 bits per heavy atom. The normalized spacial score (nSPS) is 22.0. The third-order valence-corrected chi connectivity index (χ3v) is 12.4. The molecule has 0 amide bonds. The van der Waals surface area contributed by atoms with E-state index in [1.54, 1.807) is 0 Å². The Labute approximate surface area is 388 Å². The van der Waals surface area contributed by atoms with Crippen LogP contribution >= 0.6 is 15.6 Å². The van der Waals surface area contributed by atoms with Crippen LogP contribution in [0.25, 0.3) is 0 Å². The Kier molecular flexibility index (Phi) is 35.5. The van der Waals surface area contributed by atoms with Gasteiger partial charge in [0.05, 0.1) is 6.61 Å². The largest absolute Gasteiger partial charge is 0.472 e. The standard InChI is InChI=1S/C47H84O16P2/c1-3-5-7-9-11-13-15-17-19-20-22-23-25-27-29-31-33-35-40(48)59-37-39(61-41(49)36-34-32-30-28-26-24-21-18-16-14-12-10-8-6-4-2)38-60-65(57,58)63-47-44(52)42(50)43(51)46(45(47)53)62-64(54,55)56/h11,13-14,16-17,19,22-23,39,42-47,50-53H,3-10,12,15,18,20-21,24-38H2,1-2H3,(H,57,58)(H2,54,55,56)/t39-,42?,43?,44?,45?,46-,47+/m1/s1. The molecular weight excluding hydrogens is 882 g/mol. The molecule has 1 saturated carbocycles. The first-order valence-electron chi connectivity index (χ1n) is 24.2. The number of rotatable bonds is 40. The number of hydrogen-bond donors (Lipinski definition) is 7. The highest BCUT2D eigenvalue weighted by molar-refractivity contribution is 7.47. The predicted octanol–water partition coefficient (Wildman–Crippen LogP) is 9.29. The van der Waals surface area contributed by atoms with E-state index < -0.39 is 83.5 Å². The Balaban J connectivity index is 2.60. The zero-order chi connectivity index (χ0) is 48.2. The Morgan fingerprint density at radius 2 is 0.892 bits per heavy atom. The van der Waals surface area contributed by atoms with Crippen LogP contribution in [-0.2, 0) is 41.8 Å². The van der Waals surface area contributed by atoms with Crippen molar-refractivity contribution in [1.29, 1.82) is 0 Å². The van der Waals surface area contributed by atoms with Crippen molar-refractivity contribution in [2.45, 2.75) is 224 Å². The van der Waals surface area contributed by atoms with E-state index in [0.717, 1.165) is 96.3 Å². The molecule has 0 saturated heterocycles. The lowest BCUT2D eigenvalue weighted by atomic mass is 9.85. The van der Waals surface area contributed by atoms with Crippen LogP contribution in [0.1, 0.15) is 181 Å². The molecule has 7 N–H and O–H groups in total. The second-order valence-electron chi connectivity index (χ2n) is 16.8. The number of unbranched alkanes of at least 4 members (excludes halogenated alkanes) is 18. The number of hydrogen-bond acceptors (Lipinski definition) is 13. The fourth-order valence-corrected chi connectivity index (χ4v) is 8.62. The molecule has 65 heavy (non-hydrogen) atoms. The van der Waals surface area contributed by atoms with Gasteiger partial charge in [0.2, 0.25) is 0 Å². The van der Waals surface area contributed by atoms with Gasteiger partial charge in [0.25, 0.3) is 0 Å². The van der Waals surface area contributed by atoms with Gasteiger partial charge in [0.1, 0.15) is 43.2 Å². The summed E-state index contributed by atoms with van der Waals surface area (Å²) >= 11 is 0. The van der Waals surface area contributed by atoms with Crippen molar-refractivity contribution >= 4 is 27.6 Å². The van der Waals surface area contributed by atoms with Gasteiger partial charge in [-0.05, 0) is 77.0 Å². The SMILES string of the molecule is CCCCCC=CCC=CCC=CCCCCCCC(=O)OC[C@H](COP(=O)(O)O[C@H]1C(O)C(O)C(O)[C@@H](OP(=O)(O)O)C1O)OC(=O)CCCCCCCCCC=CCCCCCC. The molecule has 1 fully saturated rings. The highest BCUT2D eigenvalue weighted by Crippen LogP contribution is 2.49. The third-order valence-electron chi connectivity index (χ3n) is 10.9. The zero-order valence-corrected chi connectivity index (χ0v) is 40.9. The summed E-state index contributed by atoms with van der Waals surface area (Å²) in [6.07, 6.45) is 27.7. The van der Waals surface area contributed by atoms with Gasteiger partial charge in [0.15, 0.2) is 6.10 Å². The van der Waals surface area contributed by atoms with E-state index in [1.165, 1.54) is 44.9 Å². The van der Waals surface area contributed by atoms with E-state index in [4.69, 9.17) is 18.5 Å². The quantitative estimate of drug-likeness (QED) is 0.0131. The molecule has 16 nitrogen and oxygen atoms in total. The van der Waals surface area contributed by atoms with Crippen molar-refractivity contribution in [2.24, 2.45) is 0 Å². The van der Waals surface area contributed by atoms with Crippen LogP contribution in [0.5, 0.6) is 0 Å². The minimum absolute atomic E-state index is 0.0329. The average Bonchev–Trinajstić information content (AvgIpc) is 3.26. The lowest BCUT2D eigenvalue weighted by Crippen LogP contribution is -2.64. The first-order chi connectivity index (χ1) is 31.1. The number of carbonyl (C=O) groups is 2. The Morgan fingerprint density at radius 1 is 0.492 bits per heavy atom. The van der Waals surface area contributed by atoms with Gasteiger partial charge in [0, 0.05) is 12.8 Å². The summed E-state index contributed by atoms with van der Waals surface area (Å²) in [5.74, 6) is -1.24. The predicted molar refractivity (Wildman–Crippen MR) is 250 cm³/mol. The van der Waals surface area contributed by atoms with Crippen molar-refractivity contribution in [2.75, 3.05) is 13.2 Å². The Bertz CT molecular complexity index is 1450. The number of esters is 2. The number of aliphatic hydroxyl groups is 4. The van der Waals surface area contributed by atoms with E-state index in [9.17, 15) is 53.8 Å². The molecular formula is C47H84O16P2. The van der Waals surface area contributed by atoms with Crippen molar-refractivity contribution in [3.05, 3.63) is 48.6 Å². The van der Waals surface area contributed by atoms with Gasteiger partial charge in [-0.25, -0.2) is 9.13 Å². The first kappa shape index (κ1) is 61.0. The van der Waals surface area contributed by atoms with Gasteiger partial charge in [-0.2, -0.15) is 0 Å². The van der Waals surface area contributed by atoms with Crippen molar-refractivity contribution < 1.29 is 76.9 Å². The third kappa shape index (κ3) is 32.4. The van der Waals surface area contributed by atoms with Gasteiger partial charge >= 0.3 is 27.6 Å². The molecule has 0 spiro atoms. The molecule has 0 aromatic rings. The molecule has 0 heterocycles. The second-order valence-corrected chi connectivity index (χ2v) is 19.4. The zero-order valence-electron chi connectivity index (χ0n) is 39.2. The van der Waals surface area contributed by atoms with Gasteiger partial charge in [-0.1, -0.05) is 140 Å². The van der Waals surface area contributed by atoms with Crippen LogP contribution in [0.4, 0.5) is 0 Å². The molecule has 0 aromatic heterocycles. The summed E-state index contributed by atoms with van der Waals surface area (Å²) in [5, 5.41) is 41.2. The molecule has 1 aliphatic rings. The number of allylic oxidation sites excluding steroid dienone is 8. The summed E-state index contributed by atoms with van der Waals surface area (Å²) < 4.78 is 49.4. The van der Waals surface area contributed by atoms with E-state index in [1.807, 2.05) is 0 Å². The molecule has 18 heteroatoms. The van der Waals surface area contributed by atoms with Crippen molar-refractivity contribution in [3.63, 3.8) is 0 Å². The lowest BCUT2D eigenvalue weighted by molar-refractivity contribution is -0.216. The Hall–Kier alpha value is -2.04. The summed E-state index contributed by atoms with van der Waals surface area (Å²) in [6, 6.07) is 0. The number of phosphoric acid groups is 2. The number of aliphatic hydroxyl groups excluding tert-OH is 4. The summed E-state index contributed by atoms with van der Waals surface area (Å²) in [6.45, 7) is 3.05. The van der Waals surface area contributed by atoms with Crippen LogP contribution in [0.3, 0.4) is 0 Å². The highest BCUT2D eigenvalue weighted by atomic mass is 31.2. The van der Waals surface area contributed by atoms with Crippen LogP contribution in [0.2, 0.25) is 0 Å². The number of ether oxygens (including phenoxy) is 2. The molecule has 8 atom stereocenters. The molecule has 1 aliphatic carbocycles. The lowest BCUT2D eigenvalue weighted by Gasteiger charge is -2.43. The molecule has 0 radical (unpaired) electrons. The van der Waals surface area contributed by atoms with Crippen LogP contribution < -0.4 is 0 Å². The van der Waals surface area contributed by atoms with E-state index in [-0.39, 0.29) is 12.8 Å². The molecule has 0 bridgehead atoms. The van der Waals surface area contributed by atoms with Gasteiger partial charge in [-0.15, -0.1) is 0 Å². The fourth-order valence-electron chi connectivity index (χ4n) is 7.09. The van der Waals surface area contributed by atoms with Gasteiger partial charge in [-0.3, -0.25) is 23.2 Å². The fraction of sp³-hybridized carbons (Fsp3) is 0.787. The monoisotopic (exact) mass is 967 g/mol. The van der Waals surface area contributed by atoms with Crippen molar-refractivity contribution in [1.82, 2.24) is 0 Å². The molecule has 0 aliphatic heterocycles. The van der Waals surface area contributed by atoms with Gasteiger partial charge < -0.3 is 44.6 Å².